The van der Waals surface area contributed by atoms with Crippen LogP contribution in [0.1, 0.15) is 52.0 Å². The Bertz CT molecular complexity index is 419. The third kappa shape index (κ3) is 4.16. The van der Waals surface area contributed by atoms with Gasteiger partial charge in [0.25, 0.3) is 0 Å². The van der Waals surface area contributed by atoms with Crippen LogP contribution in [0.4, 0.5) is 5.69 Å². The lowest BCUT2D eigenvalue weighted by Gasteiger charge is -2.33. The highest BCUT2D eigenvalue weighted by Crippen LogP contribution is 2.33. The van der Waals surface area contributed by atoms with Crippen molar-refractivity contribution in [1.82, 2.24) is 0 Å². The van der Waals surface area contributed by atoms with Gasteiger partial charge in [-0.3, -0.25) is 0 Å². The van der Waals surface area contributed by atoms with Gasteiger partial charge in [-0.25, -0.2) is 0 Å². The van der Waals surface area contributed by atoms with Gasteiger partial charge in [0.05, 0.1) is 12.3 Å². The standard InChI is InChI=1S/C18H29NO/c1-5-8-20-18-12-13(2)6-7-17(18)19-16-10-14(3)9-15(4)11-16/h6-7,12,14-16,19H,5,8-11H2,1-4H3. The predicted octanol–water partition coefficient (Wildman–Crippen LogP) is 5.02. The highest BCUT2D eigenvalue weighted by Gasteiger charge is 2.24. The van der Waals surface area contributed by atoms with E-state index in [9.17, 15) is 0 Å². The molecule has 0 aromatic heterocycles. The Kier molecular flexibility index (Phi) is 5.33. The number of hydrogen-bond donors (Lipinski definition) is 1. The molecule has 20 heavy (non-hydrogen) atoms. The van der Waals surface area contributed by atoms with E-state index in [0.717, 1.165) is 36.3 Å². The smallest absolute Gasteiger partial charge is 0.142 e. The van der Waals surface area contributed by atoms with Crippen LogP contribution in [-0.4, -0.2) is 12.6 Å². The number of hydrogen-bond acceptors (Lipinski definition) is 2. The lowest BCUT2D eigenvalue weighted by molar-refractivity contribution is 0.279. The molecule has 1 fully saturated rings. The molecule has 1 aliphatic carbocycles. The van der Waals surface area contributed by atoms with Crippen molar-refractivity contribution in [3.63, 3.8) is 0 Å². The molecule has 0 amide bonds. The fraction of sp³-hybridized carbons (Fsp3) is 0.667. The zero-order chi connectivity index (χ0) is 14.5. The predicted molar refractivity (Wildman–Crippen MR) is 86.6 cm³/mol. The maximum Gasteiger partial charge on any atom is 0.142 e. The molecule has 1 aromatic rings. The van der Waals surface area contributed by atoms with Gasteiger partial charge in [0.15, 0.2) is 0 Å². The molecule has 1 N–H and O–H groups in total. The summed E-state index contributed by atoms with van der Waals surface area (Å²) in [5.41, 5.74) is 2.42. The Morgan fingerprint density at radius 1 is 1.15 bits per heavy atom. The molecule has 1 aliphatic rings. The minimum atomic E-state index is 0.584. The van der Waals surface area contributed by atoms with Crippen LogP contribution in [0.3, 0.4) is 0 Å². The van der Waals surface area contributed by atoms with E-state index in [2.05, 4.69) is 51.2 Å². The third-order valence-electron chi connectivity index (χ3n) is 4.14. The Hall–Kier alpha value is -1.18. The van der Waals surface area contributed by atoms with Crippen LogP contribution in [-0.2, 0) is 0 Å². The van der Waals surface area contributed by atoms with Crippen molar-refractivity contribution in [2.75, 3.05) is 11.9 Å². The molecule has 112 valence electrons. The Morgan fingerprint density at radius 2 is 1.85 bits per heavy atom. The molecule has 2 unspecified atom stereocenters. The van der Waals surface area contributed by atoms with Crippen LogP contribution >= 0.6 is 0 Å². The van der Waals surface area contributed by atoms with Crippen molar-refractivity contribution in [3.05, 3.63) is 23.8 Å². The molecule has 2 rings (SSSR count). The summed E-state index contributed by atoms with van der Waals surface area (Å²) in [6.07, 6.45) is 4.95. The average Bonchev–Trinajstić information content (AvgIpc) is 2.38. The summed E-state index contributed by atoms with van der Waals surface area (Å²) < 4.78 is 5.90. The summed E-state index contributed by atoms with van der Waals surface area (Å²) in [4.78, 5) is 0. The summed E-state index contributed by atoms with van der Waals surface area (Å²) in [7, 11) is 0. The first-order chi connectivity index (χ1) is 9.58. The monoisotopic (exact) mass is 275 g/mol. The van der Waals surface area contributed by atoms with Crippen LogP contribution in [0, 0.1) is 18.8 Å². The Balaban J connectivity index is 2.07. The molecule has 0 aliphatic heterocycles. The molecule has 0 bridgehead atoms. The molecule has 0 radical (unpaired) electrons. The molecule has 2 nitrogen and oxygen atoms in total. The van der Waals surface area contributed by atoms with Gasteiger partial charge in [0, 0.05) is 6.04 Å². The van der Waals surface area contributed by atoms with E-state index in [0.29, 0.717) is 6.04 Å². The fourth-order valence-corrected chi connectivity index (χ4v) is 3.36. The maximum atomic E-state index is 5.90. The van der Waals surface area contributed by atoms with Gasteiger partial charge in [-0.1, -0.05) is 26.8 Å². The van der Waals surface area contributed by atoms with Crippen molar-refractivity contribution in [1.29, 1.82) is 0 Å². The van der Waals surface area contributed by atoms with Crippen molar-refractivity contribution in [2.24, 2.45) is 11.8 Å². The molecular formula is C18H29NO. The molecule has 0 heterocycles. The number of anilines is 1. The number of aryl methyl sites for hydroxylation is 1. The summed E-state index contributed by atoms with van der Waals surface area (Å²) >= 11 is 0. The summed E-state index contributed by atoms with van der Waals surface area (Å²) in [5, 5.41) is 3.72. The van der Waals surface area contributed by atoms with Gasteiger partial charge in [0.1, 0.15) is 5.75 Å². The second kappa shape index (κ2) is 7.01. The second-order valence-corrected chi connectivity index (χ2v) is 6.61. The zero-order valence-electron chi connectivity index (χ0n) is 13.4. The first-order valence-electron chi connectivity index (χ1n) is 8.08. The largest absolute Gasteiger partial charge is 0.491 e. The van der Waals surface area contributed by atoms with E-state index in [-0.39, 0.29) is 0 Å². The van der Waals surface area contributed by atoms with Crippen LogP contribution in [0.5, 0.6) is 5.75 Å². The van der Waals surface area contributed by atoms with Crippen molar-refractivity contribution >= 4 is 5.69 Å². The van der Waals surface area contributed by atoms with Gasteiger partial charge in [0.2, 0.25) is 0 Å². The van der Waals surface area contributed by atoms with Gasteiger partial charge in [-0.05, 0) is 62.1 Å². The summed E-state index contributed by atoms with van der Waals surface area (Å²) in [6.45, 7) is 9.79. The van der Waals surface area contributed by atoms with Crippen LogP contribution in [0.25, 0.3) is 0 Å². The third-order valence-corrected chi connectivity index (χ3v) is 4.14. The van der Waals surface area contributed by atoms with Crippen LogP contribution < -0.4 is 10.1 Å². The maximum absolute atomic E-state index is 5.90. The van der Waals surface area contributed by atoms with Gasteiger partial charge >= 0.3 is 0 Å². The fourth-order valence-electron chi connectivity index (χ4n) is 3.36. The van der Waals surface area contributed by atoms with Crippen molar-refractivity contribution < 1.29 is 4.74 Å². The van der Waals surface area contributed by atoms with E-state index >= 15 is 0 Å². The Labute approximate surface area is 123 Å². The minimum absolute atomic E-state index is 0.584. The van der Waals surface area contributed by atoms with Crippen molar-refractivity contribution in [3.8, 4) is 5.75 Å². The second-order valence-electron chi connectivity index (χ2n) is 6.61. The minimum Gasteiger partial charge on any atom is -0.491 e. The molecule has 0 saturated heterocycles. The SMILES string of the molecule is CCCOc1cc(C)ccc1NC1CC(C)CC(C)C1. The number of rotatable bonds is 5. The lowest BCUT2D eigenvalue weighted by Crippen LogP contribution is -2.30. The van der Waals surface area contributed by atoms with Gasteiger partial charge < -0.3 is 10.1 Å². The highest BCUT2D eigenvalue weighted by molar-refractivity contribution is 5.58. The average molecular weight is 275 g/mol. The quantitative estimate of drug-likeness (QED) is 0.814. The number of nitrogens with one attached hydrogen (secondary N) is 1. The topological polar surface area (TPSA) is 21.3 Å². The van der Waals surface area contributed by atoms with E-state index < -0.39 is 0 Å². The van der Waals surface area contributed by atoms with E-state index in [1.165, 1.54) is 24.8 Å². The molecule has 1 aromatic carbocycles. The van der Waals surface area contributed by atoms with Gasteiger partial charge in [-0.2, -0.15) is 0 Å². The first kappa shape index (κ1) is 15.2. The van der Waals surface area contributed by atoms with Gasteiger partial charge in [-0.15, -0.1) is 0 Å². The van der Waals surface area contributed by atoms with E-state index in [1.54, 1.807) is 0 Å². The van der Waals surface area contributed by atoms with E-state index in [4.69, 9.17) is 4.74 Å². The molecule has 2 atom stereocenters. The normalized spacial score (nSPS) is 26.3. The van der Waals surface area contributed by atoms with Crippen LogP contribution in [0.2, 0.25) is 0 Å². The lowest BCUT2D eigenvalue weighted by atomic mass is 9.80. The van der Waals surface area contributed by atoms with Crippen molar-refractivity contribution in [2.45, 2.75) is 59.4 Å². The summed E-state index contributed by atoms with van der Waals surface area (Å²) in [5.74, 6) is 2.65. The molecular weight excluding hydrogens is 246 g/mol. The summed E-state index contributed by atoms with van der Waals surface area (Å²) in [6, 6.07) is 7.06. The van der Waals surface area contributed by atoms with Crippen LogP contribution in [0.15, 0.2) is 18.2 Å². The molecule has 2 heteroatoms. The van der Waals surface area contributed by atoms with E-state index in [1.807, 2.05) is 0 Å². The molecule has 1 saturated carbocycles. The number of benzene rings is 1. The molecule has 0 spiro atoms. The first-order valence-corrected chi connectivity index (χ1v) is 8.08. The Morgan fingerprint density at radius 3 is 2.50 bits per heavy atom. The highest BCUT2D eigenvalue weighted by atomic mass is 16.5. The number of ether oxygens (including phenoxy) is 1. The zero-order valence-corrected chi connectivity index (χ0v) is 13.4.